The quantitative estimate of drug-likeness (QED) is 0.720. The Morgan fingerprint density at radius 1 is 1.09 bits per heavy atom. The van der Waals surface area contributed by atoms with Crippen LogP contribution in [0.4, 0.5) is 0 Å². The van der Waals surface area contributed by atoms with Crippen molar-refractivity contribution in [2.75, 3.05) is 0 Å². The van der Waals surface area contributed by atoms with Gasteiger partial charge >= 0.3 is 0 Å². The normalized spacial score (nSPS) is 11.1. The average Bonchev–Trinajstić information content (AvgIpc) is 2.96. The van der Waals surface area contributed by atoms with Crippen molar-refractivity contribution in [3.05, 3.63) is 65.9 Å². The molecule has 0 aliphatic heterocycles. The fraction of sp³-hybridized carbons (Fsp3) is 0.263. The number of benzene rings is 2. The molecule has 118 valence electrons. The number of fused-ring (bicyclic) bond motifs is 1. The highest BCUT2D eigenvalue weighted by Crippen LogP contribution is 2.19. The number of rotatable bonds is 5. The molecule has 0 aliphatic rings. The lowest BCUT2D eigenvalue weighted by atomic mass is 10.1. The summed E-state index contributed by atoms with van der Waals surface area (Å²) in [4.78, 5) is 14.6. The fourth-order valence-corrected chi connectivity index (χ4v) is 2.65. The lowest BCUT2D eigenvalue weighted by molar-refractivity contribution is -0.132. The molecule has 0 unspecified atom stereocenters. The third kappa shape index (κ3) is 3.42. The molecule has 4 heteroatoms. The number of nitrogens with zero attached hydrogens (tertiary/aromatic N) is 2. The van der Waals surface area contributed by atoms with Crippen molar-refractivity contribution < 1.29 is 9.32 Å². The van der Waals surface area contributed by atoms with E-state index in [9.17, 15) is 4.79 Å². The number of carbonyl (C=O) groups excluding carboxylic acids is 1. The van der Waals surface area contributed by atoms with Crippen molar-refractivity contribution in [1.29, 1.82) is 0 Å². The predicted octanol–water partition coefficient (Wildman–Crippen LogP) is 3.81. The van der Waals surface area contributed by atoms with Gasteiger partial charge in [0, 0.05) is 18.0 Å². The number of aromatic nitrogens is 1. The minimum absolute atomic E-state index is 0.0582. The molecule has 0 aliphatic carbocycles. The summed E-state index contributed by atoms with van der Waals surface area (Å²) in [6.45, 7) is 4.66. The monoisotopic (exact) mass is 308 g/mol. The minimum Gasteiger partial charge on any atom is -0.356 e. The smallest absolute Gasteiger partial charge is 0.229 e. The molecule has 0 atom stereocenters. The maximum absolute atomic E-state index is 12.7. The number of hydrogen-bond acceptors (Lipinski definition) is 3. The summed E-state index contributed by atoms with van der Waals surface area (Å²) in [6.07, 6.45) is 0.252. The summed E-state index contributed by atoms with van der Waals surface area (Å²) < 4.78 is 5.29. The van der Waals surface area contributed by atoms with Crippen molar-refractivity contribution >= 4 is 16.9 Å². The van der Waals surface area contributed by atoms with Crippen LogP contribution in [-0.4, -0.2) is 22.0 Å². The van der Waals surface area contributed by atoms with Gasteiger partial charge in [-0.25, -0.2) is 0 Å². The third-order valence-corrected chi connectivity index (χ3v) is 3.91. The molecule has 0 saturated heterocycles. The Hall–Kier alpha value is -2.62. The average molecular weight is 308 g/mol. The van der Waals surface area contributed by atoms with Gasteiger partial charge in [0.1, 0.15) is 5.69 Å². The molecule has 1 amide bonds. The van der Waals surface area contributed by atoms with Gasteiger partial charge in [-0.3, -0.25) is 4.79 Å². The van der Waals surface area contributed by atoms with E-state index < -0.39 is 0 Å². The van der Waals surface area contributed by atoms with Gasteiger partial charge in [0.25, 0.3) is 0 Å². The van der Waals surface area contributed by atoms with Crippen LogP contribution in [0.5, 0.6) is 0 Å². The zero-order valence-electron chi connectivity index (χ0n) is 13.4. The molecule has 0 radical (unpaired) electrons. The third-order valence-electron chi connectivity index (χ3n) is 3.91. The highest BCUT2D eigenvalue weighted by Gasteiger charge is 2.20. The Kier molecular flexibility index (Phi) is 4.42. The van der Waals surface area contributed by atoms with E-state index in [1.54, 1.807) is 0 Å². The summed E-state index contributed by atoms with van der Waals surface area (Å²) in [7, 11) is 0. The highest BCUT2D eigenvalue weighted by molar-refractivity contribution is 5.86. The van der Waals surface area contributed by atoms with Crippen LogP contribution in [-0.2, 0) is 17.8 Å². The van der Waals surface area contributed by atoms with E-state index in [4.69, 9.17) is 4.52 Å². The largest absolute Gasteiger partial charge is 0.356 e. The van der Waals surface area contributed by atoms with E-state index in [2.05, 4.69) is 5.16 Å². The SMILES string of the molecule is CC(C)N(Cc1ccccc1)C(=O)Cc1noc2ccccc12. The highest BCUT2D eigenvalue weighted by atomic mass is 16.5. The number of carbonyl (C=O) groups is 1. The van der Waals surface area contributed by atoms with E-state index in [0.29, 0.717) is 12.2 Å². The molecule has 0 spiro atoms. The van der Waals surface area contributed by atoms with E-state index in [1.807, 2.05) is 73.3 Å². The second kappa shape index (κ2) is 6.65. The fourth-order valence-electron chi connectivity index (χ4n) is 2.65. The summed E-state index contributed by atoms with van der Waals surface area (Å²) in [5.74, 6) is 0.0582. The van der Waals surface area contributed by atoms with Gasteiger partial charge in [0.05, 0.1) is 6.42 Å². The van der Waals surface area contributed by atoms with Crippen LogP contribution < -0.4 is 0 Å². The lowest BCUT2D eigenvalue weighted by Crippen LogP contribution is -2.37. The first-order chi connectivity index (χ1) is 11.1. The molecule has 0 saturated carbocycles. The van der Waals surface area contributed by atoms with E-state index in [0.717, 1.165) is 16.5 Å². The number of para-hydroxylation sites is 1. The molecule has 23 heavy (non-hydrogen) atoms. The minimum atomic E-state index is 0.0582. The maximum atomic E-state index is 12.7. The standard InChI is InChI=1S/C19H20N2O2/c1-14(2)21(13-15-8-4-3-5-9-15)19(22)12-17-16-10-6-7-11-18(16)23-20-17/h3-11,14H,12-13H2,1-2H3. The van der Waals surface area contributed by atoms with Gasteiger partial charge in [0.2, 0.25) is 5.91 Å². The maximum Gasteiger partial charge on any atom is 0.229 e. The van der Waals surface area contributed by atoms with Crippen LogP contribution in [0, 0.1) is 0 Å². The summed E-state index contributed by atoms with van der Waals surface area (Å²) in [5.41, 5.74) is 2.54. The van der Waals surface area contributed by atoms with Crippen molar-refractivity contribution in [1.82, 2.24) is 10.1 Å². The Balaban J connectivity index is 1.79. The Morgan fingerprint density at radius 2 is 1.78 bits per heavy atom. The lowest BCUT2D eigenvalue weighted by Gasteiger charge is -2.26. The van der Waals surface area contributed by atoms with Gasteiger partial charge in [0.15, 0.2) is 5.58 Å². The molecule has 2 aromatic carbocycles. The Morgan fingerprint density at radius 3 is 2.52 bits per heavy atom. The second-order valence-electron chi connectivity index (χ2n) is 5.90. The predicted molar refractivity (Wildman–Crippen MR) is 89.8 cm³/mol. The molecule has 0 fully saturated rings. The van der Waals surface area contributed by atoms with Gasteiger partial charge in [-0.1, -0.05) is 47.6 Å². The molecule has 4 nitrogen and oxygen atoms in total. The summed E-state index contributed by atoms with van der Waals surface area (Å²) >= 11 is 0. The van der Waals surface area contributed by atoms with Crippen molar-refractivity contribution in [3.8, 4) is 0 Å². The van der Waals surface area contributed by atoms with Crippen LogP contribution in [0.15, 0.2) is 59.1 Å². The molecule has 0 N–H and O–H groups in total. The van der Waals surface area contributed by atoms with Crippen molar-refractivity contribution in [2.24, 2.45) is 0 Å². The zero-order chi connectivity index (χ0) is 16.2. The topological polar surface area (TPSA) is 46.3 Å². The summed E-state index contributed by atoms with van der Waals surface area (Å²) in [5, 5.41) is 4.97. The first-order valence-electron chi connectivity index (χ1n) is 7.82. The molecule has 3 aromatic rings. The molecular formula is C19H20N2O2. The Labute approximate surface area is 135 Å². The molecule has 0 bridgehead atoms. The molecule has 1 aromatic heterocycles. The number of amides is 1. The summed E-state index contributed by atoms with van der Waals surface area (Å²) in [6, 6.07) is 17.8. The van der Waals surface area contributed by atoms with Crippen LogP contribution in [0.3, 0.4) is 0 Å². The van der Waals surface area contributed by atoms with Gasteiger partial charge in [-0.15, -0.1) is 0 Å². The van der Waals surface area contributed by atoms with E-state index >= 15 is 0 Å². The Bertz CT molecular complexity index is 793. The van der Waals surface area contributed by atoms with Gasteiger partial charge < -0.3 is 9.42 Å². The first-order valence-corrected chi connectivity index (χ1v) is 7.82. The van der Waals surface area contributed by atoms with Crippen LogP contribution in [0.25, 0.3) is 11.0 Å². The van der Waals surface area contributed by atoms with E-state index in [-0.39, 0.29) is 18.4 Å². The van der Waals surface area contributed by atoms with Gasteiger partial charge in [-0.05, 0) is 31.5 Å². The zero-order valence-corrected chi connectivity index (χ0v) is 13.4. The van der Waals surface area contributed by atoms with Crippen LogP contribution in [0.2, 0.25) is 0 Å². The first kappa shape index (κ1) is 15.3. The van der Waals surface area contributed by atoms with Crippen molar-refractivity contribution in [3.63, 3.8) is 0 Å². The van der Waals surface area contributed by atoms with E-state index in [1.165, 1.54) is 0 Å². The van der Waals surface area contributed by atoms with Gasteiger partial charge in [-0.2, -0.15) is 0 Å². The number of hydrogen-bond donors (Lipinski definition) is 0. The molecule has 1 heterocycles. The molecule has 3 rings (SSSR count). The molecular weight excluding hydrogens is 288 g/mol. The van der Waals surface area contributed by atoms with Crippen LogP contribution >= 0.6 is 0 Å². The van der Waals surface area contributed by atoms with Crippen molar-refractivity contribution in [2.45, 2.75) is 32.9 Å². The second-order valence-corrected chi connectivity index (χ2v) is 5.90. The van der Waals surface area contributed by atoms with Crippen LogP contribution in [0.1, 0.15) is 25.1 Å².